The summed E-state index contributed by atoms with van der Waals surface area (Å²) in [5, 5.41) is 2.80. The molecule has 138 valence electrons. The van der Waals surface area contributed by atoms with Crippen LogP contribution in [0.15, 0.2) is 24.3 Å². The third kappa shape index (κ3) is 7.37. The normalized spacial score (nSPS) is 11.7. The average Bonchev–Trinajstić information content (AvgIpc) is 2.58. The predicted octanol–water partition coefficient (Wildman–Crippen LogP) is 2.96. The highest BCUT2D eigenvalue weighted by molar-refractivity contribution is 6.03. The van der Waals surface area contributed by atoms with Crippen LogP contribution >= 0.6 is 0 Å². The van der Waals surface area contributed by atoms with Gasteiger partial charge >= 0.3 is 11.9 Å². The van der Waals surface area contributed by atoms with E-state index in [1.807, 2.05) is 6.92 Å². The molecule has 0 radical (unpaired) electrons. The minimum Gasteiger partial charge on any atom is -0.465 e. The maximum Gasteiger partial charge on any atom is 0.339 e. The Morgan fingerprint density at radius 2 is 1.60 bits per heavy atom. The molecule has 0 heterocycles. The highest BCUT2D eigenvalue weighted by atomic mass is 16.5. The Labute approximate surface area is 148 Å². The molecule has 1 atom stereocenters. The lowest BCUT2D eigenvalue weighted by atomic mass is 10.0. The molecule has 0 saturated heterocycles. The van der Waals surface area contributed by atoms with E-state index in [-0.39, 0.29) is 29.7 Å². The van der Waals surface area contributed by atoms with Crippen molar-refractivity contribution in [3.8, 4) is 0 Å². The number of ether oxygens (including phenoxy) is 2. The monoisotopic (exact) mass is 349 g/mol. The first-order valence-electron chi connectivity index (χ1n) is 8.49. The maximum atomic E-state index is 12.1. The van der Waals surface area contributed by atoms with E-state index in [2.05, 4.69) is 23.9 Å². The first-order chi connectivity index (χ1) is 11.8. The summed E-state index contributed by atoms with van der Waals surface area (Å²) in [5.74, 6) is -1.08. The van der Waals surface area contributed by atoms with Crippen LogP contribution in [-0.2, 0) is 14.3 Å². The topological polar surface area (TPSA) is 81.7 Å². The van der Waals surface area contributed by atoms with Gasteiger partial charge in [-0.3, -0.25) is 4.79 Å². The first kappa shape index (κ1) is 20.7. The van der Waals surface area contributed by atoms with Gasteiger partial charge < -0.3 is 14.8 Å². The molecular formula is C19H27NO5. The van der Waals surface area contributed by atoms with Crippen LogP contribution in [0.4, 0.5) is 0 Å². The summed E-state index contributed by atoms with van der Waals surface area (Å²) in [7, 11) is 1.23. The van der Waals surface area contributed by atoms with Gasteiger partial charge in [0.15, 0.2) is 6.61 Å². The van der Waals surface area contributed by atoms with Gasteiger partial charge in [0.05, 0.1) is 18.2 Å². The van der Waals surface area contributed by atoms with Crippen molar-refractivity contribution in [1.29, 1.82) is 0 Å². The van der Waals surface area contributed by atoms with Crippen molar-refractivity contribution in [2.45, 2.75) is 46.1 Å². The van der Waals surface area contributed by atoms with Gasteiger partial charge in [0.1, 0.15) is 0 Å². The quantitative estimate of drug-likeness (QED) is 0.693. The Morgan fingerprint density at radius 1 is 1.00 bits per heavy atom. The van der Waals surface area contributed by atoms with E-state index in [0.29, 0.717) is 5.92 Å². The smallest absolute Gasteiger partial charge is 0.339 e. The number of rotatable bonds is 9. The van der Waals surface area contributed by atoms with E-state index < -0.39 is 11.9 Å². The number of benzene rings is 1. The number of nitrogens with one attached hydrogen (secondary N) is 1. The molecule has 0 aliphatic carbocycles. The molecule has 0 aliphatic heterocycles. The molecule has 0 aliphatic rings. The standard InChI is InChI=1S/C19H27NO5/c1-13(2)8-7-9-14(3)20-17(21)12-25-19(23)16-11-6-5-10-15(16)18(22)24-4/h5-6,10-11,13-14H,7-9,12H2,1-4H3,(H,20,21). The van der Waals surface area contributed by atoms with Crippen LogP contribution in [0.1, 0.15) is 60.7 Å². The molecule has 0 saturated carbocycles. The minimum absolute atomic E-state index is 0.0207. The zero-order chi connectivity index (χ0) is 18.8. The summed E-state index contributed by atoms with van der Waals surface area (Å²) in [6.45, 7) is 5.86. The second-order valence-electron chi connectivity index (χ2n) is 6.41. The highest BCUT2D eigenvalue weighted by Crippen LogP contribution is 2.12. The molecule has 1 rings (SSSR count). The van der Waals surface area contributed by atoms with Crippen LogP contribution in [-0.4, -0.2) is 37.6 Å². The molecule has 1 aromatic rings. The van der Waals surface area contributed by atoms with Crippen molar-refractivity contribution in [3.05, 3.63) is 35.4 Å². The number of esters is 2. The van der Waals surface area contributed by atoms with Gasteiger partial charge in [-0.1, -0.05) is 38.8 Å². The Balaban J connectivity index is 2.49. The zero-order valence-electron chi connectivity index (χ0n) is 15.3. The van der Waals surface area contributed by atoms with E-state index in [1.54, 1.807) is 12.1 Å². The molecule has 6 heteroatoms. The first-order valence-corrected chi connectivity index (χ1v) is 8.49. The van der Waals surface area contributed by atoms with Crippen molar-refractivity contribution < 1.29 is 23.9 Å². The van der Waals surface area contributed by atoms with Crippen LogP contribution in [0.3, 0.4) is 0 Å². The van der Waals surface area contributed by atoms with Crippen molar-refractivity contribution in [1.82, 2.24) is 5.32 Å². The molecule has 6 nitrogen and oxygen atoms in total. The van der Waals surface area contributed by atoms with Gasteiger partial charge in [-0.05, 0) is 31.4 Å². The molecule has 1 unspecified atom stereocenters. The largest absolute Gasteiger partial charge is 0.465 e. The molecule has 0 aromatic heterocycles. The van der Waals surface area contributed by atoms with E-state index in [4.69, 9.17) is 4.74 Å². The summed E-state index contributed by atoms with van der Waals surface area (Å²) >= 11 is 0. The molecule has 25 heavy (non-hydrogen) atoms. The van der Waals surface area contributed by atoms with Crippen molar-refractivity contribution in [3.63, 3.8) is 0 Å². The number of amides is 1. The minimum atomic E-state index is -0.733. The van der Waals surface area contributed by atoms with Crippen LogP contribution in [0, 0.1) is 5.92 Å². The highest BCUT2D eigenvalue weighted by Gasteiger charge is 2.19. The van der Waals surface area contributed by atoms with Gasteiger partial charge in [-0.2, -0.15) is 0 Å². The molecule has 0 spiro atoms. The Hall–Kier alpha value is -2.37. The van der Waals surface area contributed by atoms with Crippen molar-refractivity contribution in [2.75, 3.05) is 13.7 Å². The fraction of sp³-hybridized carbons (Fsp3) is 0.526. The molecule has 1 amide bonds. The third-order valence-corrected chi connectivity index (χ3v) is 3.71. The second kappa shape index (κ2) is 10.5. The van der Waals surface area contributed by atoms with Crippen molar-refractivity contribution in [2.24, 2.45) is 5.92 Å². The lowest BCUT2D eigenvalue weighted by Gasteiger charge is -2.15. The lowest BCUT2D eigenvalue weighted by Crippen LogP contribution is -2.36. The van der Waals surface area contributed by atoms with E-state index >= 15 is 0 Å². The molecule has 0 bridgehead atoms. The summed E-state index contributed by atoms with van der Waals surface area (Å²) in [6, 6.07) is 6.18. The second-order valence-corrected chi connectivity index (χ2v) is 6.41. The lowest BCUT2D eigenvalue weighted by molar-refractivity contribution is -0.124. The van der Waals surface area contributed by atoms with Gasteiger partial charge in [-0.25, -0.2) is 9.59 Å². The van der Waals surface area contributed by atoms with Gasteiger partial charge in [0.2, 0.25) is 0 Å². The summed E-state index contributed by atoms with van der Waals surface area (Å²) < 4.78 is 9.64. The fourth-order valence-corrected chi connectivity index (χ4v) is 2.38. The Morgan fingerprint density at radius 3 is 2.16 bits per heavy atom. The summed E-state index contributed by atoms with van der Waals surface area (Å²) in [6.07, 6.45) is 3.02. The van der Waals surface area contributed by atoms with E-state index in [1.165, 1.54) is 19.2 Å². The molecule has 1 aromatic carbocycles. The van der Waals surface area contributed by atoms with Gasteiger partial charge in [0, 0.05) is 6.04 Å². The zero-order valence-corrected chi connectivity index (χ0v) is 15.3. The predicted molar refractivity (Wildman–Crippen MR) is 94.4 cm³/mol. The van der Waals surface area contributed by atoms with E-state index in [0.717, 1.165) is 19.3 Å². The number of methoxy groups -OCH3 is 1. The molecule has 0 fully saturated rings. The summed E-state index contributed by atoms with van der Waals surface area (Å²) in [4.78, 5) is 35.7. The Kier molecular flexibility index (Phi) is 8.67. The molecule has 1 N–H and O–H groups in total. The maximum absolute atomic E-state index is 12.1. The number of hydrogen-bond acceptors (Lipinski definition) is 5. The SMILES string of the molecule is COC(=O)c1ccccc1C(=O)OCC(=O)NC(C)CCCC(C)C. The summed E-state index contributed by atoms with van der Waals surface area (Å²) in [5.41, 5.74) is 0.185. The van der Waals surface area contributed by atoms with Gasteiger partial charge in [0.25, 0.3) is 5.91 Å². The third-order valence-electron chi connectivity index (χ3n) is 3.71. The molecular weight excluding hydrogens is 322 g/mol. The number of hydrogen-bond donors (Lipinski definition) is 1. The number of carbonyl (C=O) groups is 3. The van der Waals surface area contributed by atoms with Crippen LogP contribution < -0.4 is 5.32 Å². The van der Waals surface area contributed by atoms with Crippen LogP contribution in [0.5, 0.6) is 0 Å². The Bertz CT molecular complexity index is 597. The van der Waals surface area contributed by atoms with Crippen LogP contribution in [0.25, 0.3) is 0 Å². The van der Waals surface area contributed by atoms with Gasteiger partial charge in [-0.15, -0.1) is 0 Å². The van der Waals surface area contributed by atoms with Crippen molar-refractivity contribution >= 4 is 17.8 Å². The van der Waals surface area contributed by atoms with Crippen LogP contribution in [0.2, 0.25) is 0 Å². The van der Waals surface area contributed by atoms with E-state index in [9.17, 15) is 14.4 Å². The fourth-order valence-electron chi connectivity index (χ4n) is 2.38. The average molecular weight is 349 g/mol. The number of carbonyl (C=O) groups excluding carboxylic acids is 3.